The molecule has 108 valence electrons. The number of carbonyl (C=O) groups is 1. The molecule has 4 heteroatoms. The molecule has 0 aliphatic carbocycles. The van der Waals surface area contributed by atoms with Gasteiger partial charge in [0.1, 0.15) is 6.07 Å². The van der Waals surface area contributed by atoms with Crippen molar-refractivity contribution < 1.29 is 9.90 Å². The highest BCUT2D eigenvalue weighted by Crippen LogP contribution is 2.22. The van der Waals surface area contributed by atoms with Crippen LogP contribution >= 0.6 is 0 Å². The van der Waals surface area contributed by atoms with Crippen LogP contribution in [0.3, 0.4) is 0 Å². The van der Waals surface area contributed by atoms with Crippen molar-refractivity contribution in [1.82, 2.24) is 0 Å². The van der Waals surface area contributed by atoms with Gasteiger partial charge in [-0.1, -0.05) is 26.7 Å². The van der Waals surface area contributed by atoms with Crippen molar-refractivity contribution in [2.24, 2.45) is 0 Å². The molecule has 1 aromatic rings. The Bertz CT molecular complexity index is 484. The summed E-state index contributed by atoms with van der Waals surface area (Å²) < 4.78 is 0. The normalized spacial score (nSPS) is 10.1. The lowest BCUT2D eigenvalue weighted by molar-refractivity contribution is 0.0697. The first-order valence-electron chi connectivity index (χ1n) is 7.16. The molecule has 0 atom stereocenters. The van der Waals surface area contributed by atoms with Gasteiger partial charge in [0.25, 0.3) is 0 Å². The van der Waals surface area contributed by atoms with E-state index >= 15 is 0 Å². The molecule has 0 aliphatic heterocycles. The summed E-state index contributed by atoms with van der Waals surface area (Å²) in [5, 5.41) is 18.2. The van der Waals surface area contributed by atoms with Gasteiger partial charge in [0.15, 0.2) is 0 Å². The molecule has 0 aromatic heterocycles. The zero-order valence-corrected chi connectivity index (χ0v) is 12.2. The first-order chi connectivity index (χ1) is 9.63. The number of hydrogen-bond donors (Lipinski definition) is 1. The second-order valence-electron chi connectivity index (χ2n) is 4.84. The van der Waals surface area contributed by atoms with Crippen LogP contribution in [0.15, 0.2) is 18.2 Å². The average Bonchev–Trinajstić information content (AvgIpc) is 2.47. The Hall–Kier alpha value is -2.02. The van der Waals surface area contributed by atoms with Gasteiger partial charge in [-0.05, 0) is 31.0 Å². The minimum absolute atomic E-state index is 0.163. The van der Waals surface area contributed by atoms with Crippen molar-refractivity contribution in [3.05, 3.63) is 29.3 Å². The van der Waals surface area contributed by atoms with Crippen LogP contribution in [-0.2, 0) is 0 Å². The molecule has 0 saturated heterocycles. The van der Waals surface area contributed by atoms with Crippen molar-refractivity contribution >= 4 is 11.7 Å². The van der Waals surface area contributed by atoms with Gasteiger partial charge >= 0.3 is 5.97 Å². The van der Waals surface area contributed by atoms with Crippen LogP contribution in [0, 0.1) is 11.3 Å². The quantitative estimate of drug-likeness (QED) is 0.785. The number of carboxylic acid groups (broad SMARTS) is 1. The minimum atomic E-state index is -0.998. The molecular weight excluding hydrogens is 252 g/mol. The van der Waals surface area contributed by atoms with Crippen LogP contribution < -0.4 is 4.90 Å². The smallest absolute Gasteiger partial charge is 0.335 e. The van der Waals surface area contributed by atoms with Crippen LogP contribution in [-0.4, -0.2) is 24.2 Å². The maximum absolute atomic E-state index is 11.0. The lowest BCUT2D eigenvalue weighted by atomic mass is 10.1. The first-order valence-corrected chi connectivity index (χ1v) is 7.16. The van der Waals surface area contributed by atoms with Gasteiger partial charge in [0.2, 0.25) is 0 Å². The second-order valence-corrected chi connectivity index (χ2v) is 4.84. The average molecular weight is 274 g/mol. The third-order valence-electron chi connectivity index (χ3n) is 3.27. The van der Waals surface area contributed by atoms with E-state index in [1.165, 1.54) is 6.07 Å². The predicted molar refractivity (Wildman–Crippen MR) is 80.1 cm³/mol. The molecular formula is C16H22N2O2. The zero-order valence-electron chi connectivity index (χ0n) is 12.2. The third-order valence-corrected chi connectivity index (χ3v) is 3.27. The van der Waals surface area contributed by atoms with Gasteiger partial charge < -0.3 is 10.0 Å². The summed E-state index contributed by atoms with van der Waals surface area (Å²) in [6, 6.07) is 6.91. The molecule has 0 aliphatic rings. The highest BCUT2D eigenvalue weighted by Gasteiger charge is 2.13. The fourth-order valence-corrected chi connectivity index (χ4v) is 2.09. The van der Waals surface area contributed by atoms with Crippen molar-refractivity contribution in [2.75, 3.05) is 18.0 Å². The summed E-state index contributed by atoms with van der Waals surface area (Å²) in [6.45, 7) is 6.07. The van der Waals surface area contributed by atoms with Gasteiger partial charge in [-0.25, -0.2) is 4.79 Å². The highest BCUT2D eigenvalue weighted by atomic mass is 16.4. The maximum Gasteiger partial charge on any atom is 0.335 e. The van der Waals surface area contributed by atoms with Crippen LogP contribution in [0.1, 0.15) is 55.5 Å². The number of rotatable bonds is 8. The number of aromatic carboxylic acids is 1. The molecule has 1 N–H and O–H groups in total. The van der Waals surface area contributed by atoms with E-state index < -0.39 is 5.97 Å². The number of anilines is 1. The van der Waals surface area contributed by atoms with Crippen molar-refractivity contribution in [3.8, 4) is 6.07 Å². The summed E-state index contributed by atoms with van der Waals surface area (Å²) in [6.07, 6.45) is 4.32. The van der Waals surface area contributed by atoms with Gasteiger partial charge in [0, 0.05) is 13.1 Å². The Kier molecular flexibility index (Phi) is 6.58. The van der Waals surface area contributed by atoms with E-state index in [0.717, 1.165) is 44.5 Å². The van der Waals surface area contributed by atoms with Crippen LogP contribution in [0.4, 0.5) is 5.69 Å². The third kappa shape index (κ3) is 4.27. The molecule has 0 radical (unpaired) electrons. The standard InChI is InChI=1S/C16H22N2O2/c1-3-5-9-18(10-6-4-2)15-8-7-13(16(19)20)11-14(15)12-17/h7-8,11H,3-6,9-10H2,1-2H3,(H,19,20). The Morgan fingerprint density at radius 3 is 2.30 bits per heavy atom. The first kappa shape index (κ1) is 16.0. The second kappa shape index (κ2) is 8.21. The summed E-state index contributed by atoms with van der Waals surface area (Å²) in [7, 11) is 0. The number of unbranched alkanes of at least 4 members (excludes halogenated alkanes) is 2. The Labute approximate surface area is 120 Å². The highest BCUT2D eigenvalue weighted by molar-refractivity contribution is 5.89. The zero-order chi connectivity index (χ0) is 15.0. The van der Waals surface area contributed by atoms with Crippen molar-refractivity contribution in [3.63, 3.8) is 0 Å². The summed E-state index contributed by atoms with van der Waals surface area (Å²) in [5.41, 5.74) is 1.45. The summed E-state index contributed by atoms with van der Waals surface area (Å²) in [5.74, 6) is -0.998. The number of nitriles is 1. The van der Waals surface area contributed by atoms with E-state index in [1.54, 1.807) is 12.1 Å². The molecule has 20 heavy (non-hydrogen) atoms. The number of benzene rings is 1. The fourth-order valence-electron chi connectivity index (χ4n) is 2.09. The number of hydrogen-bond acceptors (Lipinski definition) is 3. The van der Waals surface area contributed by atoms with Gasteiger partial charge in [-0.15, -0.1) is 0 Å². The molecule has 0 heterocycles. The lowest BCUT2D eigenvalue weighted by Gasteiger charge is -2.25. The van der Waals surface area contributed by atoms with E-state index in [2.05, 4.69) is 24.8 Å². The SMILES string of the molecule is CCCCN(CCCC)c1ccc(C(=O)O)cc1C#N. The van der Waals surface area contributed by atoms with E-state index in [1.807, 2.05) is 0 Å². The van der Waals surface area contributed by atoms with Gasteiger partial charge in [-0.3, -0.25) is 0 Å². The van der Waals surface area contributed by atoms with Crippen molar-refractivity contribution in [1.29, 1.82) is 5.26 Å². The Balaban J connectivity index is 3.05. The molecule has 1 aromatic carbocycles. The van der Waals surface area contributed by atoms with Gasteiger partial charge in [0.05, 0.1) is 16.8 Å². The van der Waals surface area contributed by atoms with E-state index in [4.69, 9.17) is 5.11 Å². The van der Waals surface area contributed by atoms with Gasteiger partial charge in [-0.2, -0.15) is 5.26 Å². The van der Waals surface area contributed by atoms with Crippen LogP contribution in [0.5, 0.6) is 0 Å². The minimum Gasteiger partial charge on any atom is -0.478 e. The molecule has 0 spiro atoms. The lowest BCUT2D eigenvalue weighted by Crippen LogP contribution is -2.26. The fraction of sp³-hybridized carbons (Fsp3) is 0.500. The van der Waals surface area contributed by atoms with Crippen molar-refractivity contribution in [2.45, 2.75) is 39.5 Å². The molecule has 0 bridgehead atoms. The molecule has 0 amide bonds. The molecule has 4 nitrogen and oxygen atoms in total. The number of carboxylic acids is 1. The predicted octanol–water partition coefficient (Wildman–Crippen LogP) is 3.66. The van der Waals surface area contributed by atoms with E-state index in [0.29, 0.717) is 5.56 Å². The molecule has 0 fully saturated rings. The Morgan fingerprint density at radius 1 is 1.25 bits per heavy atom. The van der Waals surface area contributed by atoms with Crippen LogP contribution in [0.2, 0.25) is 0 Å². The van der Waals surface area contributed by atoms with Crippen LogP contribution in [0.25, 0.3) is 0 Å². The molecule has 0 unspecified atom stereocenters. The van der Waals surface area contributed by atoms with E-state index in [9.17, 15) is 10.1 Å². The molecule has 0 saturated carbocycles. The topological polar surface area (TPSA) is 64.3 Å². The Morgan fingerprint density at radius 2 is 1.85 bits per heavy atom. The largest absolute Gasteiger partial charge is 0.478 e. The maximum atomic E-state index is 11.0. The summed E-state index contributed by atoms with van der Waals surface area (Å²) in [4.78, 5) is 13.2. The molecule has 1 rings (SSSR count). The summed E-state index contributed by atoms with van der Waals surface area (Å²) >= 11 is 0. The number of nitrogens with zero attached hydrogens (tertiary/aromatic N) is 2. The monoisotopic (exact) mass is 274 g/mol. The van der Waals surface area contributed by atoms with E-state index in [-0.39, 0.29) is 5.56 Å².